The number of likely N-dealkylation sites (N-methyl/N-ethyl adjacent to an activating group) is 1. The molecule has 0 radical (unpaired) electrons. The fourth-order valence-electron chi connectivity index (χ4n) is 5.41. The van der Waals surface area contributed by atoms with Crippen LogP contribution in [0.4, 0.5) is 8.78 Å². The van der Waals surface area contributed by atoms with Crippen molar-refractivity contribution in [3.63, 3.8) is 0 Å². The van der Waals surface area contributed by atoms with Crippen molar-refractivity contribution in [2.75, 3.05) is 20.1 Å². The van der Waals surface area contributed by atoms with E-state index in [4.69, 9.17) is 27.9 Å². The van der Waals surface area contributed by atoms with Crippen LogP contribution in [0, 0.1) is 17.0 Å². The first-order valence-corrected chi connectivity index (χ1v) is 12.9. The molecule has 1 fully saturated rings. The summed E-state index contributed by atoms with van der Waals surface area (Å²) in [5.74, 6) is -2.00. The molecule has 1 heterocycles. The highest BCUT2D eigenvalue weighted by Gasteiger charge is 2.57. The zero-order valence-electron chi connectivity index (χ0n) is 22.0. The molecule has 0 aliphatic carbocycles. The molecule has 36 heavy (non-hydrogen) atoms. The number of likely N-dealkylation sites (tertiary alicyclic amines) is 1. The van der Waals surface area contributed by atoms with Gasteiger partial charge in [0.25, 0.3) is 0 Å². The van der Waals surface area contributed by atoms with Crippen molar-refractivity contribution < 1.29 is 18.3 Å². The van der Waals surface area contributed by atoms with E-state index in [1.807, 2.05) is 25.7 Å². The second kappa shape index (κ2) is 10.6. The molecule has 0 amide bonds. The molecule has 1 aliphatic rings. The van der Waals surface area contributed by atoms with E-state index >= 15 is 8.78 Å². The van der Waals surface area contributed by atoms with Gasteiger partial charge in [-0.1, -0.05) is 62.2 Å². The van der Waals surface area contributed by atoms with Crippen molar-refractivity contribution in [3.05, 3.63) is 69.2 Å². The zero-order valence-corrected chi connectivity index (χ0v) is 23.5. The molecule has 2 aromatic carbocycles. The summed E-state index contributed by atoms with van der Waals surface area (Å²) >= 11 is 12.3. The lowest BCUT2D eigenvalue weighted by Crippen LogP contribution is -2.55. The lowest BCUT2D eigenvalue weighted by atomic mass is 9.69. The third-order valence-electron chi connectivity index (χ3n) is 6.64. The molecular formula is C28H36Cl2F2N2O2. The monoisotopic (exact) mass is 540 g/mol. The highest BCUT2D eigenvalue weighted by Crippen LogP contribution is 2.52. The molecule has 0 spiro atoms. The van der Waals surface area contributed by atoms with Gasteiger partial charge in [-0.2, -0.15) is 0 Å². The average Bonchev–Trinajstić information content (AvgIpc) is 3.00. The maximum Gasteiger partial charge on any atom is 0.320 e. The van der Waals surface area contributed by atoms with Gasteiger partial charge in [0.1, 0.15) is 17.2 Å². The molecule has 3 atom stereocenters. The Hall–Kier alpha value is -1.73. The van der Waals surface area contributed by atoms with Crippen molar-refractivity contribution in [1.82, 2.24) is 10.2 Å². The Morgan fingerprint density at radius 1 is 1.14 bits per heavy atom. The molecule has 1 N–H and O–H groups in total. The van der Waals surface area contributed by atoms with Crippen LogP contribution in [0.1, 0.15) is 65.0 Å². The Morgan fingerprint density at radius 3 is 2.36 bits per heavy atom. The minimum absolute atomic E-state index is 0.00737. The number of hydrogen-bond acceptors (Lipinski definition) is 4. The van der Waals surface area contributed by atoms with E-state index in [0.717, 1.165) is 0 Å². The van der Waals surface area contributed by atoms with Gasteiger partial charge in [-0.3, -0.25) is 9.69 Å². The Bertz CT molecular complexity index is 1110. The highest BCUT2D eigenvalue weighted by atomic mass is 35.5. The number of ether oxygens (including phenoxy) is 1. The van der Waals surface area contributed by atoms with Crippen molar-refractivity contribution in [1.29, 1.82) is 0 Å². The highest BCUT2D eigenvalue weighted by molar-refractivity contribution is 6.31. The number of carbonyl (C=O) groups is 1. The van der Waals surface area contributed by atoms with Crippen molar-refractivity contribution in [2.45, 2.75) is 71.1 Å². The first-order chi connectivity index (χ1) is 16.6. The molecule has 0 saturated carbocycles. The number of benzene rings is 2. The van der Waals surface area contributed by atoms with E-state index in [-0.39, 0.29) is 28.0 Å². The summed E-state index contributed by atoms with van der Waals surface area (Å²) in [7, 11) is 1.75. The van der Waals surface area contributed by atoms with Crippen LogP contribution >= 0.6 is 23.2 Å². The fraction of sp³-hybridized carbons (Fsp3) is 0.536. The van der Waals surface area contributed by atoms with E-state index in [0.29, 0.717) is 24.1 Å². The molecule has 1 aliphatic heterocycles. The summed E-state index contributed by atoms with van der Waals surface area (Å²) in [6.45, 7) is 12.0. The number of halogens is 4. The third-order valence-corrected chi connectivity index (χ3v) is 7.17. The molecule has 3 rings (SSSR count). The SMILES string of the molecule is CN[C@@]1(c2ccc(Cl)cc2F)[C@@H](c2cccc(Cl)c2F)CN(CC(=O)OC(C)(C)C)[C@H]1CC(C)(C)C. The first-order valence-electron chi connectivity index (χ1n) is 12.1. The van der Waals surface area contributed by atoms with Gasteiger partial charge < -0.3 is 10.1 Å². The normalized spacial score (nSPS) is 23.2. The number of esters is 1. The molecule has 2 aromatic rings. The minimum Gasteiger partial charge on any atom is -0.459 e. The quantitative estimate of drug-likeness (QED) is 0.403. The summed E-state index contributed by atoms with van der Waals surface area (Å²) in [4.78, 5) is 14.9. The van der Waals surface area contributed by atoms with Crippen molar-refractivity contribution in [2.24, 2.45) is 5.41 Å². The standard InChI is InChI=1S/C28H36Cl2F2N2O2/c1-26(2,3)14-23-28(33-7,19-12-11-17(29)13-22(19)31)20(18-9-8-10-21(30)25(18)32)15-34(23)16-24(35)36-27(4,5)6/h8-13,20,23,33H,14-16H2,1-7H3/t20-,23+,28+/m1/s1. The summed E-state index contributed by atoms with van der Waals surface area (Å²) in [6.07, 6.45) is 0.595. The minimum atomic E-state index is -1.09. The van der Waals surface area contributed by atoms with E-state index in [1.54, 1.807) is 31.3 Å². The lowest BCUT2D eigenvalue weighted by Gasteiger charge is -2.44. The van der Waals surface area contributed by atoms with Crippen LogP contribution < -0.4 is 5.32 Å². The maximum absolute atomic E-state index is 15.7. The maximum atomic E-state index is 15.7. The van der Waals surface area contributed by atoms with Crippen LogP contribution in [-0.4, -0.2) is 42.6 Å². The Morgan fingerprint density at radius 2 is 1.81 bits per heavy atom. The van der Waals surface area contributed by atoms with Gasteiger partial charge in [0.2, 0.25) is 0 Å². The van der Waals surface area contributed by atoms with Crippen LogP contribution in [0.25, 0.3) is 0 Å². The van der Waals surface area contributed by atoms with Gasteiger partial charge in [0.05, 0.1) is 17.1 Å². The van der Waals surface area contributed by atoms with Crippen LogP contribution in [0.2, 0.25) is 10.0 Å². The van der Waals surface area contributed by atoms with Crippen molar-refractivity contribution >= 4 is 29.2 Å². The van der Waals surface area contributed by atoms with Crippen LogP contribution in [0.15, 0.2) is 36.4 Å². The molecule has 4 nitrogen and oxygen atoms in total. The van der Waals surface area contributed by atoms with Gasteiger partial charge in [0, 0.05) is 29.1 Å². The van der Waals surface area contributed by atoms with Crippen LogP contribution in [-0.2, 0) is 15.1 Å². The molecule has 1 saturated heterocycles. The van der Waals surface area contributed by atoms with Crippen LogP contribution in [0.3, 0.4) is 0 Å². The first kappa shape index (κ1) is 28.8. The zero-order chi connectivity index (χ0) is 27.1. The number of rotatable bonds is 6. The van der Waals surface area contributed by atoms with E-state index < -0.39 is 34.7 Å². The third kappa shape index (κ3) is 6.04. The van der Waals surface area contributed by atoms with Crippen LogP contribution in [0.5, 0.6) is 0 Å². The van der Waals surface area contributed by atoms with Gasteiger partial charge in [-0.25, -0.2) is 8.78 Å². The van der Waals surface area contributed by atoms with Gasteiger partial charge in [-0.05, 0) is 63.4 Å². The summed E-state index contributed by atoms with van der Waals surface area (Å²) < 4.78 is 36.8. The lowest BCUT2D eigenvalue weighted by molar-refractivity contribution is -0.156. The number of carbonyl (C=O) groups excluding carboxylic acids is 1. The molecule has 8 heteroatoms. The predicted molar refractivity (Wildman–Crippen MR) is 142 cm³/mol. The number of hydrogen-bond donors (Lipinski definition) is 1. The van der Waals surface area contributed by atoms with Gasteiger partial charge in [0.15, 0.2) is 0 Å². The largest absolute Gasteiger partial charge is 0.459 e. The Labute approximate surface area is 223 Å². The second-order valence-electron chi connectivity index (χ2n) is 11.7. The smallest absolute Gasteiger partial charge is 0.320 e. The average molecular weight is 542 g/mol. The summed E-state index contributed by atoms with van der Waals surface area (Å²) in [5, 5.41) is 3.65. The number of nitrogens with zero attached hydrogens (tertiary/aromatic N) is 1. The topological polar surface area (TPSA) is 41.6 Å². The molecule has 0 bridgehead atoms. The van der Waals surface area contributed by atoms with E-state index in [1.165, 1.54) is 12.1 Å². The molecular weight excluding hydrogens is 505 g/mol. The Kier molecular flexibility index (Phi) is 8.46. The molecule has 0 aromatic heterocycles. The van der Waals surface area contributed by atoms with Crippen molar-refractivity contribution in [3.8, 4) is 0 Å². The van der Waals surface area contributed by atoms with E-state index in [9.17, 15) is 4.79 Å². The number of nitrogens with one attached hydrogen (secondary N) is 1. The molecule has 198 valence electrons. The molecule has 0 unspecified atom stereocenters. The summed E-state index contributed by atoms with van der Waals surface area (Å²) in [6, 6.07) is 9.03. The van der Waals surface area contributed by atoms with E-state index in [2.05, 4.69) is 26.1 Å². The second-order valence-corrected chi connectivity index (χ2v) is 12.6. The summed E-state index contributed by atoms with van der Waals surface area (Å²) in [5.41, 5.74) is -1.22. The predicted octanol–water partition coefficient (Wildman–Crippen LogP) is 6.93. The fourth-order valence-corrected chi connectivity index (χ4v) is 5.75. The van der Waals surface area contributed by atoms with Gasteiger partial charge in [-0.15, -0.1) is 0 Å². The van der Waals surface area contributed by atoms with Gasteiger partial charge >= 0.3 is 5.97 Å². The Balaban J connectivity index is 2.26.